The molecular formula is C12H16ClNO4S. The minimum atomic E-state index is -3.50. The lowest BCUT2D eigenvalue weighted by molar-refractivity contribution is -0.142. The maximum Gasteiger partial charge on any atom is 0.249 e. The first-order valence-corrected chi connectivity index (χ1v) is 8.07. The molecule has 0 radical (unpaired) electrons. The number of allylic oxidation sites excluding steroid dienone is 1. The third-order valence-corrected chi connectivity index (χ3v) is 5.93. The zero-order valence-corrected chi connectivity index (χ0v) is 12.8. The van der Waals surface area contributed by atoms with Crippen molar-refractivity contribution >= 4 is 33.1 Å². The number of ketones is 1. The van der Waals surface area contributed by atoms with Gasteiger partial charge in [-0.05, 0) is 12.5 Å². The number of amides is 1. The maximum atomic E-state index is 12.4. The lowest BCUT2D eigenvalue weighted by atomic mass is 9.86. The molecule has 0 N–H and O–H groups in total. The van der Waals surface area contributed by atoms with Crippen LogP contribution in [0.1, 0.15) is 27.7 Å². The lowest BCUT2D eigenvalue weighted by Gasteiger charge is -2.48. The Kier molecular flexibility index (Phi) is 3.10. The predicted molar refractivity (Wildman–Crippen MR) is 71.2 cm³/mol. The molecule has 1 amide bonds. The zero-order valence-electron chi connectivity index (χ0n) is 11.2. The van der Waals surface area contributed by atoms with Crippen LogP contribution in [0.2, 0.25) is 0 Å². The molecule has 106 valence electrons. The first kappa shape index (κ1) is 14.5. The van der Waals surface area contributed by atoms with Crippen LogP contribution < -0.4 is 0 Å². The number of nitrogens with zero attached hydrogens (tertiary/aromatic N) is 1. The summed E-state index contributed by atoms with van der Waals surface area (Å²) in [6.45, 7) is 6.77. The van der Waals surface area contributed by atoms with Crippen molar-refractivity contribution in [2.75, 3.05) is 5.75 Å². The van der Waals surface area contributed by atoms with E-state index in [9.17, 15) is 18.0 Å². The Balaban J connectivity index is 2.55. The molecule has 2 atom stereocenters. The predicted octanol–water partition coefficient (Wildman–Crippen LogP) is 1.08. The summed E-state index contributed by atoms with van der Waals surface area (Å²) in [6.07, 6.45) is 0. The molecule has 2 aliphatic rings. The van der Waals surface area contributed by atoms with Crippen LogP contribution in [0.5, 0.6) is 0 Å². The van der Waals surface area contributed by atoms with Crippen molar-refractivity contribution in [1.29, 1.82) is 0 Å². The van der Waals surface area contributed by atoms with Gasteiger partial charge >= 0.3 is 0 Å². The highest BCUT2D eigenvalue weighted by atomic mass is 35.5. The van der Waals surface area contributed by atoms with Crippen molar-refractivity contribution in [1.82, 2.24) is 4.90 Å². The SMILES string of the molecule is CC1=C(C(=O)C(C)(C)C)N2C(=O)C(Cl)[C@H]2S(=O)(=O)C1. The summed E-state index contributed by atoms with van der Waals surface area (Å²) in [5.74, 6) is -0.967. The monoisotopic (exact) mass is 305 g/mol. The number of carbonyl (C=O) groups is 2. The fraction of sp³-hybridized carbons (Fsp3) is 0.667. The van der Waals surface area contributed by atoms with Crippen LogP contribution in [0.15, 0.2) is 11.3 Å². The first-order chi connectivity index (χ1) is 8.48. The molecule has 2 rings (SSSR count). The number of rotatable bonds is 1. The summed E-state index contributed by atoms with van der Waals surface area (Å²) in [4.78, 5) is 25.3. The molecule has 1 saturated heterocycles. The van der Waals surface area contributed by atoms with Gasteiger partial charge in [-0.1, -0.05) is 20.8 Å². The first-order valence-electron chi connectivity index (χ1n) is 5.92. The van der Waals surface area contributed by atoms with Gasteiger partial charge in [-0.15, -0.1) is 11.6 Å². The van der Waals surface area contributed by atoms with Crippen molar-refractivity contribution in [3.63, 3.8) is 0 Å². The van der Waals surface area contributed by atoms with E-state index in [4.69, 9.17) is 11.6 Å². The molecule has 0 aromatic carbocycles. The molecule has 0 aromatic heterocycles. The van der Waals surface area contributed by atoms with E-state index in [1.807, 2.05) is 0 Å². The minimum Gasteiger partial charge on any atom is -0.292 e. The van der Waals surface area contributed by atoms with Gasteiger partial charge < -0.3 is 0 Å². The van der Waals surface area contributed by atoms with Gasteiger partial charge in [0.1, 0.15) is 5.38 Å². The standard InChI is InChI=1S/C12H16ClNO4S/c1-6-5-19(17,18)11-7(13)10(16)14(11)8(6)9(15)12(2,3)4/h7,11H,5H2,1-4H3/t7?,11-/m1/s1. The van der Waals surface area contributed by atoms with Gasteiger partial charge in [-0.3, -0.25) is 14.5 Å². The Morgan fingerprint density at radius 2 is 1.89 bits per heavy atom. The molecule has 5 nitrogen and oxygen atoms in total. The molecule has 0 saturated carbocycles. The van der Waals surface area contributed by atoms with Gasteiger partial charge in [0.25, 0.3) is 0 Å². The average Bonchev–Trinajstić information content (AvgIpc) is 2.24. The van der Waals surface area contributed by atoms with Gasteiger partial charge in [0, 0.05) is 5.41 Å². The Labute approximate surface area is 117 Å². The normalized spacial score (nSPS) is 29.9. The highest BCUT2D eigenvalue weighted by Crippen LogP contribution is 2.41. The van der Waals surface area contributed by atoms with E-state index in [1.165, 1.54) is 0 Å². The third kappa shape index (κ3) is 2.01. The van der Waals surface area contributed by atoms with E-state index in [-0.39, 0.29) is 17.2 Å². The Morgan fingerprint density at radius 1 is 1.37 bits per heavy atom. The van der Waals surface area contributed by atoms with E-state index in [0.29, 0.717) is 5.57 Å². The van der Waals surface area contributed by atoms with Crippen LogP contribution in [0, 0.1) is 5.41 Å². The largest absolute Gasteiger partial charge is 0.292 e. The number of fused-ring (bicyclic) bond motifs is 1. The van der Waals surface area contributed by atoms with Gasteiger partial charge in [0.05, 0.1) is 11.4 Å². The van der Waals surface area contributed by atoms with Gasteiger partial charge in [-0.2, -0.15) is 0 Å². The number of sulfone groups is 1. The molecule has 0 spiro atoms. The van der Waals surface area contributed by atoms with E-state index in [2.05, 4.69) is 0 Å². The van der Waals surface area contributed by atoms with Crippen LogP contribution in [-0.2, 0) is 19.4 Å². The van der Waals surface area contributed by atoms with E-state index in [0.717, 1.165) is 4.90 Å². The fourth-order valence-electron chi connectivity index (χ4n) is 2.33. The highest BCUT2D eigenvalue weighted by molar-refractivity contribution is 7.92. The third-order valence-electron chi connectivity index (χ3n) is 3.31. The number of Topliss-reactive ketones (excluding diaryl/α,β-unsaturated/α-hetero) is 1. The van der Waals surface area contributed by atoms with E-state index >= 15 is 0 Å². The van der Waals surface area contributed by atoms with Crippen LogP contribution in [0.4, 0.5) is 0 Å². The van der Waals surface area contributed by atoms with Gasteiger partial charge in [0.2, 0.25) is 5.91 Å². The number of halogens is 1. The number of hydrogen-bond donors (Lipinski definition) is 0. The van der Waals surface area contributed by atoms with Crippen molar-refractivity contribution in [3.05, 3.63) is 11.3 Å². The molecule has 0 aromatic rings. The maximum absolute atomic E-state index is 12.4. The molecule has 7 heteroatoms. The van der Waals surface area contributed by atoms with Crippen molar-refractivity contribution in [2.45, 2.75) is 38.4 Å². The second-order valence-corrected chi connectivity index (χ2v) is 8.58. The number of alkyl halides is 1. The summed E-state index contributed by atoms with van der Waals surface area (Å²) in [6, 6.07) is 0. The van der Waals surface area contributed by atoms with Crippen molar-refractivity contribution < 1.29 is 18.0 Å². The van der Waals surface area contributed by atoms with Crippen LogP contribution >= 0.6 is 11.6 Å². The summed E-state index contributed by atoms with van der Waals surface area (Å²) in [5, 5.41) is -2.17. The van der Waals surface area contributed by atoms with Gasteiger partial charge in [-0.25, -0.2) is 8.42 Å². The molecule has 0 aliphatic carbocycles. The Hall–Kier alpha value is -0.880. The topological polar surface area (TPSA) is 71.5 Å². The molecule has 19 heavy (non-hydrogen) atoms. The summed E-state index contributed by atoms with van der Waals surface area (Å²) < 4.78 is 24.0. The number of carbonyl (C=O) groups excluding carboxylic acids is 2. The number of hydrogen-bond acceptors (Lipinski definition) is 4. The quantitative estimate of drug-likeness (QED) is 0.537. The molecular weight excluding hydrogens is 290 g/mol. The molecule has 2 heterocycles. The number of β-lactam (4-membered cyclic amide) rings is 1. The van der Waals surface area contributed by atoms with E-state index in [1.54, 1.807) is 27.7 Å². The van der Waals surface area contributed by atoms with Crippen LogP contribution in [-0.4, -0.2) is 41.5 Å². The molecule has 0 bridgehead atoms. The fourth-order valence-corrected chi connectivity index (χ4v) is 4.94. The Morgan fingerprint density at radius 3 is 2.37 bits per heavy atom. The summed E-state index contributed by atoms with van der Waals surface area (Å²) in [5.41, 5.74) is -0.0674. The van der Waals surface area contributed by atoms with Crippen molar-refractivity contribution in [2.24, 2.45) is 5.41 Å². The average molecular weight is 306 g/mol. The van der Waals surface area contributed by atoms with Gasteiger partial charge in [0.15, 0.2) is 21.0 Å². The second kappa shape index (κ2) is 4.06. The smallest absolute Gasteiger partial charge is 0.249 e. The molecule has 2 aliphatic heterocycles. The van der Waals surface area contributed by atoms with Crippen LogP contribution in [0.3, 0.4) is 0 Å². The van der Waals surface area contributed by atoms with Crippen molar-refractivity contribution in [3.8, 4) is 0 Å². The lowest BCUT2D eigenvalue weighted by Crippen LogP contribution is -2.68. The Bertz CT molecular complexity index is 600. The molecule has 1 fully saturated rings. The minimum absolute atomic E-state index is 0.203. The summed E-state index contributed by atoms with van der Waals surface area (Å²) >= 11 is 5.79. The second-order valence-electron chi connectivity index (χ2n) is 6.02. The highest BCUT2D eigenvalue weighted by Gasteiger charge is 2.59. The van der Waals surface area contributed by atoms with E-state index < -0.39 is 31.9 Å². The summed E-state index contributed by atoms with van der Waals surface area (Å²) in [7, 11) is -3.50. The molecule has 1 unspecified atom stereocenters. The van der Waals surface area contributed by atoms with Crippen LogP contribution in [0.25, 0.3) is 0 Å². The zero-order chi connectivity index (χ0) is 14.7.